The molecule has 1 aliphatic rings. The first-order valence-corrected chi connectivity index (χ1v) is 4.50. The predicted octanol–water partition coefficient (Wildman–Crippen LogP) is 1.88. The average molecular weight is 167 g/mol. The molecule has 0 bridgehead atoms. The lowest BCUT2D eigenvalue weighted by atomic mass is 10.1. The van der Waals surface area contributed by atoms with Gasteiger partial charge in [0.25, 0.3) is 0 Å². The largest absolute Gasteiger partial charge is 0.283 e. The summed E-state index contributed by atoms with van der Waals surface area (Å²) in [6, 6.07) is 1.62. The summed E-state index contributed by atoms with van der Waals surface area (Å²) in [5.74, 6) is -0.294. The van der Waals surface area contributed by atoms with Crippen molar-refractivity contribution in [3.8, 4) is 6.07 Å². The van der Waals surface area contributed by atoms with Crippen LogP contribution in [-0.4, -0.2) is 11.0 Å². The molecular formula is C8H9NOS. The van der Waals surface area contributed by atoms with E-state index < -0.39 is 0 Å². The molecular weight excluding hydrogens is 158 g/mol. The van der Waals surface area contributed by atoms with Crippen LogP contribution in [-0.2, 0) is 4.79 Å². The van der Waals surface area contributed by atoms with Crippen LogP contribution in [0.2, 0.25) is 0 Å². The van der Waals surface area contributed by atoms with Crippen molar-refractivity contribution in [1.82, 2.24) is 0 Å². The number of allylic oxidation sites excluding steroid dienone is 1. The van der Waals surface area contributed by atoms with Crippen LogP contribution in [0.4, 0.5) is 0 Å². The van der Waals surface area contributed by atoms with Crippen LogP contribution in [0.3, 0.4) is 0 Å². The maximum absolute atomic E-state index is 10.6. The first kappa shape index (κ1) is 8.35. The van der Waals surface area contributed by atoms with Gasteiger partial charge in [-0.2, -0.15) is 5.26 Å². The molecule has 1 unspecified atom stereocenters. The van der Waals surface area contributed by atoms with Crippen LogP contribution in [0.1, 0.15) is 19.3 Å². The Balaban J connectivity index is 2.14. The van der Waals surface area contributed by atoms with Crippen molar-refractivity contribution in [2.24, 2.45) is 0 Å². The molecule has 1 aliphatic heterocycles. The third kappa shape index (κ3) is 2.77. The van der Waals surface area contributed by atoms with Gasteiger partial charge in [0, 0.05) is 11.7 Å². The lowest BCUT2D eigenvalue weighted by Crippen LogP contribution is -2.01. The molecule has 0 amide bonds. The molecule has 0 aromatic carbocycles. The Bertz CT molecular complexity index is 209. The van der Waals surface area contributed by atoms with Crippen LogP contribution in [0.25, 0.3) is 0 Å². The summed E-state index contributed by atoms with van der Waals surface area (Å²) < 4.78 is 0. The first-order chi connectivity index (χ1) is 5.33. The molecule has 0 aromatic rings. The van der Waals surface area contributed by atoms with Gasteiger partial charge in [-0.1, -0.05) is 6.08 Å². The Morgan fingerprint density at radius 3 is 3.18 bits per heavy atom. The van der Waals surface area contributed by atoms with E-state index in [4.69, 9.17) is 5.26 Å². The van der Waals surface area contributed by atoms with E-state index in [0.717, 1.165) is 12.8 Å². The topological polar surface area (TPSA) is 40.9 Å². The molecule has 0 saturated carbocycles. The molecule has 0 N–H and O–H groups in total. The minimum Gasteiger partial charge on any atom is -0.283 e. The number of rotatable bonds is 3. The third-order valence-corrected chi connectivity index (χ3v) is 2.75. The number of Topliss-reactive ketones (excluding diaryl/α,β-unsaturated/α-hetero) is 1. The maximum Gasteiger partial charge on any atom is 0.231 e. The zero-order valence-electron chi connectivity index (χ0n) is 6.12. The molecule has 58 valence electrons. The molecule has 0 saturated heterocycles. The number of hydrogen-bond acceptors (Lipinski definition) is 3. The fraction of sp³-hybridized carbons (Fsp3) is 0.500. The molecule has 0 radical (unpaired) electrons. The molecule has 0 aliphatic carbocycles. The number of carbonyl (C=O) groups is 1. The van der Waals surface area contributed by atoms with Gasteiger partial charge >= 0.3 is 0 Å². The Hall–Kier alpha value is -0.750. The van der Waals surface area contributed by atoms with Gasteiger partial charge in [0.15, 0.2) is 0 Å². The van der Waals surface area contributed by atoms with Crippen molar-refractivity contribution in [2.45, 2.75) is 24.5 Å². The van der Waals surface area contributed by atoms with Crippen molar-refractivity contribution >= 4 is 17.5 Å². The lowest BCUT2D eigenvalue weighted by Gasteiger charge is -2.03. The highest BCUT2D eigenvalue weighted by molar-refractivity contribution is 8.03. The van der Waals surface area contributed by atoms with E-state index >= 15 is 0 Å². The van der Waals surface area contributed by atoms with Gasteiger partial charge in [-0.25, -0.2) is 0 Å². The third-order valence-electron chi connectivity index (χ3n) is 1.58. The Kier molecular flexibility index (Phi) is 3.18. The van der Waals surface area contributed by atoms with Crippen LogP contribution in [0.15, 0.2) is 11.5 Å². The van der Waals surface area contributed by atoms with E-state index in [1.54, 1.807) is 17.8 Å². The Morgan fingerprint density at radius 1 is 1.82 bits per heavy atom. The van der Waals surface area contributed by atoms with Gasteiger partial charge < -0.3 is 0 Å². The number of nitrogens with zero attached hydrogens (tertiary/aromatic N) is 1. The van der Waals surface area contributed by atoms with Gasteiger partial charge in [-0.3, -0.25) is 4.79 Å². The summed E-state index contributed by atoms with van der Waals surface area (Å²) in [7, 11) is 0. The van der Waals surface area contributed by atoms with Crippen LogP contribution < -0.4 is 0 Å². The molecule has 2 nitrogen and oxygen atoms in total. The Labute approximate surface area is 70.3 Å². The molecule has 0 fully saturated rings. The van der Waals surface area contributed by atoms with E-state index in [2.05, 4.69) is 11.5 Å². The number of ketones is 1. The molecule has 0 aromatic heterocycles. The summed E-state index contributed by atoms with van der Waals surface area (Å²) in [4.78, 5) is 10.6. The summed E-state index contributed by atoms with van der Waals surface area (Å²) >= 11 is 1.75. The normalized spacial score (nSPS) is 21.5. The van der Waals surface area contributed by atoms with Crippen LogP contribution >= 0.6 is 11.8 Å². The van der Waals surface area contributed by atoms with Gasteiger partial charge in [0.05, 0.1) is 0 Å². The van der Waals surface area contributed by atoms with Crippen molar-refractivity contribution in [1.29, 1.82) is 5.26 Å². The first-order valence-electron chi connectivity index (χ1n) is 3.56. The SMILES string of the molecule is N#CC(=O)CCC1CC=CS1. The van der Waals surface area contributed by atoms with E-state index in [-0.39, 0.29) is 5.78 Å². The van der Waals surface area contributed by atoms with Crippen molar-refractivity contribution in [3.63, 3.8) is 0 Å². The second-order valence-corrected chi connectivity index (χ2v) is 3.65. The van der Waals surface area contributed by atoms with Crippen molar-refractivity contribution < 1.29 is 4.79 Å². The van der Waals surface area contributed by atoms with E-state index in [0.29, 0.717) is 11.7 Å². The number of nitriles is 1. The summed E-state index contributed by atoms with van der Waals surface area (Å²) in [6.07, 6.45) is 4.40. The summed E-state index contributed by atoms with van der Waals surface area (Å²) in [6.45, 7) is 0. The van der Waals surface area contributed by atoms with Crippen LogP contribution in [0, 0.1) is 11.3 Å². The van der Waals surface area contributed by atoms with Crippen molar-refractivity contribution in [2.75, 3.05) is 0 Å². The van der Waals surface area contributed by atoms with Gasteiger partial charge in [-0.15, -0.1) is 11.8 Å². The number of hydrogen-bond donors (Lipinski definition) is 0. The standard InChI is InChI=1S/C8H9NOS/c9-6-7(10)3-4-8-2-1-5-11-8/h1,5,8H,2-4H2. The highest BCUT2D eigenvalue weighted by Crippen LogP contribution is 2.27. The van der Waals surface area contributed by atoms with Gasteiger partial charge in [-0.05, 0) is 18.2 Å². The smallest absolute Gasteiger partial charge is 0.231 e. The Morgan fingerprint density at radius 2 is 2.64 bits per heavy atom. The molecule has 3 heteroatoms. The monoisotopic (exact) mass is 167 g/mol. The van der Waals surface area contributed by atoms with E-state index in [1.165, 1.54) is 0 Å². The quantitative estimate of drug-likeness (QED) is 0.602. The van der Waals surface area contributed by atoms with Crippen molar-refractivity contribution in [3.05, 3.63) is 11.5 Å². The fourth-order valence-electron chi connectivity index (χ4n) is 0.963. The minimum atomic E-state index is -0.294. The maximum atomic E-state index is 10.6. The summed E-state index contributed by atoms with van der Waals surface area (Å²) in [5.41, 5.74) is 0. The van der Waals surface area contributed by atoms with Gasteiger partial charge in [0.2, 0.25) is 5.78 Å². The molecule has 0 spiro atoms. The average Bonchev–Trinajstić information content (AvgIpc) is 2.52. The number of carbonyl (C=O) groups excluding carboxylic acids is 1. The van der Waals surface area contributed by atoms with E-state index in [9.17, 15) is 4.79 Å². The molecule has 1 heterocycles. The predicted molar refractivity (Wildman–Crippen MR) is 45.0 cm³/mol. The lowest BCUT2D eigenvalue weighted by molar-refractivity contribution is -0.114. The fourth-order valence-corrected chi connectivity index (χ4v) is 1.88. The highest BCUT2D eigenvalue weighted by atomic mass is 32.2. The minimum absolute atomic E-state index is 0.294. The zero-order valence-corrected chi connectivity index (χ0v) is 6.93. The van der Waals surface area contributed by atoms with E-state index in [1.807, 2.05) is 0 Å². The second-order valence-electron chi connectivity index (χ2n) is 2.44. The molecule has 1 atom stereocenters. The zero-order chi connectivity index (χ0) is 8.10. The number of thioether (sulfide) groups is 1. The molecule has 1 rings (SSSR count). The molecule has 11 heavy (non-hydrogen) atoms. The van der Waals surface area contributed by atoms with Crippen LogP contribution in [0.5, 0.6) is 0 Å². The van der Waals surface area contributed by atoms with Gasteiger partial charge in [0.1, 0.15) is 6.07 Å². The second kappa shape index (κ2) is 4.20. The summed E-state index contributed by atoms with van der Waals surface area (Å²) in [5, 5.41) is 10.8. The highest BCUT2D eigenvalue weighted by Gasteiger charge is 2.12.